The number of nitrogens with one attached hydrogen (secondary N) is 1. The number of aryl methyl sites for hydroxylation is 1. The van der Waals surface area contributed by atoms with E-state index in [4.69, 9.17) is 0 Å². The quantitative estimate of drug-likeness (QED) is 0.904. The van der Waals surface area contributed by atoms with E-state index in [9.17, 15) is 4.79 Å². The molecule has 1 aromatic carbocycles. The first-order valence-corrected chi connectivity index (χ1v) is 7.27. The van der Waals surface area contributed by atoms with Crippen LogP contribution in [-0.2, 0) is 6.42 Å². The first-order chi connectivity index (χ1) is 9.15. The topological polar surface area (TPSA) is 32.3 Å². The van der Waals surface area contributed by atoms with Crippen molar-refractivity contribution in [1.29, 1.82) is 0 Å². The zero-order valence-corrected chi connectivity index (χ0v) is 11.8. The second-order valence-electron chi connectivity index (χ2n) is 6.06. The summed E-state index contributed by atoms with van der Waals surface area (Å²) in [5.74, 6) is 1.67. The zero-order valence-electron chi connectivity index (χ0n) is 11.8. The maximum atomic E-state index is 12.4. The number of nitrogens with zero attached hydrogens (tertiary/aromatic N) is 1. The van der Waals surface area contributed by atoms with Crippen LogP contribution in [0.3, 0.4) is 0 Å². The molecule has 19 heavy (non-hydrogen) atoms. The molecular weight excluding hydrogens is 236 g/mol. The van der Waals surface area contributed by atoms with Gasteiger partial charge in [0, 0.05) is 31.4 Å². The van der Waals surface area contributed by atoms with Gasteiger partial charge in [0.25, 0.3) is 5.91 Å². The third-order valence-corrected chi connectivity index (χ3v) is 4.42. The molecule has 2 aliphatic rings. The average molecular weight is 258 g/mol. The normalized spacial score (nSPS) is 24.3. The van der Waals surface area contributed by atoms with Crippen LogP contribution in [-0.4, -0.2) is 30.9 Å². The van der Waals surface area contributed by atoms with Crippen LogP contribution in [0, 0.1) is 11.8 Å². The predicted molar refractivity (Wildman–Crippen MR) is 77.5 cm³/mol. The third kappa shape index (κ3) is 2.60. The fourth-order valence-corrected chi connectivity index (χ4v) is 2.92. The number of carbonyl (C=O) groups excluding carboxylic acids is 1. The molecule has 1 amide bonds. The van der Waals surface area contributed by atoms with E-state index < -0.39 is 0 Å². The molecular formula is C16H22N2O. The number of anilines is 1. The molecule has 1 fully saturated rings. The van der Waals surface area contributed by atoms with E-state index in [1.54, 1.807) is 0 Å². The van der Waals surface area contributed by atoms with Gasteiger partial charge in [-0.3, -0.25) is 4.79 Å². The number of hydrogen-bond acceptors (Lipinski definition) is 2. The van der Waals surface area contributed by atoms with Gasteiger partial charge in [0.05, 0.1) is 0 Å². The van der Waals surface area contributed by atoms with E-state index >= 15 is 0 Å². The summed E-state index contributed by atoms with van der Waals surface area (Å²) in [5, 5.41) is 3.38. The van der Waals surface area contributed by atoms with E-state index in [-0.39, 0.29) is 5.91 Å². The number of amides is 1. The first kappa shape index (κ1) is 12.5. The molecule has 1 aromatic rings. The summed E-state index contributed by atoms with van der Waals surface area (Å²) >= 11 is 0. The van der Waals surface area contributed by atoms with Gasteiger partial charge in [-0.15, -0.1) is 0 Å². The Balaban J connectivity index is 1.72. The van der Waals surface area contributed by atoms with Crippen LogP contribution >= 0.6 is 0 Å². The van der Waals surface area contributed by atoms with Gasteiger partial charge in [0.15, 0.2) is 0 Å². The van der Waals surface area contributed by atoms with Gasteiger partial charge in [0.1, 0.15) is 0 Å². The van der Waals surface area contributed by atoms with Crippen LogP contribution in [0.1, 0.15) is 35.7 Å². The number of rotatable bonds is 3. The highest BCUT2D eigenvalue weighted by Crippen LogP contribution is 2.38. The van der Waals surface area contributed by atoms with Gasteiger partial charge in [-0.2, -0.15) is 0 Å². The average Bonchev–Trinajstić information content (AvgIpc) is 3.12. The van der Waals surface area contributed by atoms with Crippen molar-refractivity contribution in [3.63, 3.8) is 0 Å². The molecule has 2 unspecified atom stereocenters. The minimum atomic E-state index is 0.160. The molecule has 1 N–H and O–H groups in total. The summed E-state index contributed by atoms with van der Waals surface area (Å²) in [5.41, 5.74) is 3.31. The molecule has 102 valence electrons. The summed E-state index contributed by atoms with van der Waals surface area (Å²) in [4.78, 5) is 14.3. The summed E-state index contributed by atoms with van der Waals surface area (Å²) in [6, 6.07) is 6.07. The Bertz CT molecular complexity index is 498. The maximum absolute atomic E-state index is 12.4. The summed E-state index contributed by atoms with van der Waals surface area (Å²) in [6.45, 7) is 4.20. The highest BCUT2D eigenvalue weighted by Gasteiger charge is 2.34. The number of carbonyl (C=O) groups is 1. The van der Waals surface area contributed by atoms with E-state index in [0.29, 0.717) is 5.92 Å². The lowest BCUT2D eigenvalue weighted by Crippen LogP contribution is -2.29. The molecule has 0 bridgehead atoms. The lowest BCUT2D eigenvalue weighted by atomic mass is 10.0. The molecule has 0 aromatic heterocycles. The molecule has 0 spiro atoms. The molecule has 3 rings (SSSR count). The maximum Gasteiger partial charge on any atom is 0.253 e. The van der Waals surface area contributed by atoms with Crippen LogP contribution in [0.5, 0.6) is 0 Å². The van der Waals surface area contributed by atoms with Crippen molar-refractivity contribution in [3.8, 4) is 0 Å². The summed E-state index contributed by atoms with van der Waals surface area (Å²) < 4.78 is 0. The van der Waals surface area contributed by atoms with E-state index in [2.05, 4.69) is 24.4 Å². The molecule has 0 saturated heterocycles. The van der Waals surface area contributed by atoms with Crippen molar-refractivity contribution in [3.05, 3.63) is 29.3 Å². The number of fused-ring (bicyclic) bond motifs is 1. The molecule has 0 radical (unpaired) electrons. The van der Waals surface area contributed by atoms with Gasteiger partial charge in [-0.25, -0.2) is 0 Å². The van der Waals surface area contributed by atoms with Crippen molar-refractivity contribution in [1.82, 2.24) is 4.90 Å². The fourth-order valence-electron chi connectivity index (χ4n) is 2.92. The van der Waals surface area contributed by atoms with Gasteiger partial charge < -0.3 is 10.2 Å². The van der Waals surface area contributed by atoms with E-state index in [0.717, 1.165) is 37.4 Å². The van der Waals surface area contributed by atoms with Crippen molar-refractivity contribution in [2.45, 2.75) is 26.2 Å². The van der Waals surface area contributed by atoms with Crippen LogP contribution in [0.2, 0.25) is 0 Å². The molecule has 1 saturated carbocycles. The molecule has 2 atom stereocenters. The predicted octanol–water partition coefficient (Wildman–Crippen LogP) is 2.77. The van der Waals surface area contributed by atoms with E-state index in [1.165, 1.54) is 17.7 Å². The fraction of sp³-hybridized carbons (Fsp3) is 0.562. The molecule has 1 heterocycles. The van der Waals surface area contributed by atoms with Crippen LogP contribution < -0.4 is 5.32 Å². The molecule has 3 nitrogen and oxygen atoms in total. The highest BCUT2D eigenvalue weighted by molar-refractivity contribution is 5.94. The first-order valence-electron chi connectivity index (χ1n) is 7.27. The van der Waals surface area contributed by atoms with Gasteiger partial charge in [0.2, 0.25) is 0 Å². The SMILES string of the molecule is CC1CC1CN(C)C(=O)c1ccc2c(c1)CCCN2. The van der Waals surface area contributed by atoms with Crippen molar-refractivity contribution in [2.24, 2.45) is 11.8 Å². The van der Waals surface area contributed by atoms with Crippen molar-refractivity contribution in [2.75, 3.05) is 25.5 Å². The zero-order chi connectivity index (χ0) is 13.4. The van der Waals surface area contributed by atoms with Crippen LogP contribution in [0.4, 0.5) is 5.69 Å². The van der Waals surface area contributed by atoms with Crippen molar-refractivity contribution < 1.29 is 4.79 Å². The third-order valence-electron chi connectivity index (χ3n) is 4.42. The van der Waals surface area contributed by atoms with Crippen molar-refractivity contribution >= 4 is 11.6 Å². The lowest BCUT2D eigenvalue weighted by molar-refractivity contribution is 0.0787. The minimum absolute atomic E-state index is 0.160. The monoisotopic (exact) mass is 258 g/mol. The molecule has 3 heteroatoms. The molecule has 1 aliphatic heterocycles. The Labute approximate surface area is 115 Å². The highest BCUT2D eigenvalue weighted by atomic mass is 16.2. The Morgan fingerprint density at radius 3 is 3.00 bits per heavy atom. The Morgan fingerprint density at radius 1 is 1.47 bits per heavy atom. The Kier molecular flexibility index (Phi) is 3.21. The Hall–Kier alpha value is -1.51. The minimum Gasteiger partial charge on any atom is -0.385 e. The van der Waals surface area contributed by atoms with Crippen LogP contribution in [0.15, 0.2) is 18.2 Å². The summed E-state index contributed by atoms with van der Waals surface area (Å²) in [6.07, 6.45) is 3.50. The van der Waals surface area contributed by atoms with Gasteiger partial charge in [-0.1, -0.05) is 6.92 Å². The number of hydrogen-bond donors (Lipinski definition) is 1. The molecule has 1 aliphatic carbocycles. The van der Waals surface area contributed by atoms with Gasteiger partial charge >= 0.3 is 0 Å². The van der Waals surface area contributed by atoms with Crippen LogP contribution in [0.25, 0.3) is 0 Å². The standard InChI is InChI=1S/C16H22N2O/c1-11-8-14(11)10-18(2)16(19)13-5-6-15-12(9-13)4-3-7-17-15/h5-6,9,11,14,17H,3-4,7-8,10H2,1-2H3. The lowest BCUT2D eigenvalue weighted by Gasteiger charge is -2.21. The number of benzene rings is 1. The summed E-state index contributed by atoms with van der Waals surface area (Å²) in [7, 11) is 1.92. The van der Waals surface area contributed by atoms with E-state index in [1.807, 2.05) is 18.0 Å². The second-order valence-corrected chi connectivity index (χ2v) is 6.06. The smallest absolute Gasteiger partial charge is 0.253 e. The Morgan fingerprint density at radius 2 is 2.26 bits per heavy atom. The van der Waals surface area contributed by atoms with Gasteiger partial charge in [-0.05, 0) is 54.9 Å². The largest absolute Gasteiger partial charge is 0.385 e. The second kappa shape index (κ2) is 4.87.